The van der Waals surface area contributed by atoms with E-state index in [4.69, 9.17) is 0 Å². The smallest absolute Gasteiger partial charge is 0.175 e. The molecule has 1 N–H and O–H groups in total. The Bertz CT molecular complexity index is 1430. The molecule has 4 aromatic rings. The number of benzene rings is 3. The molecular weight excluding hydrogens is 444 g/mol. The summed E-state index contributed by atoms with van der Waals surface area (Å²) in [5.41, 5.74) is 6.47. The van der Waals surface area contributed by atoms with Gasteiger partial charge in [0.2, 0.25) is 0 Å². The third-order valence-corrected chi connectivity index (χ3v) is 7.09. The number of hydrogen-bond acceptors (Lipinski definition) is 5. The van der Waals surface area contributed by atoms with E-state index >= 15 is 0 Å². The van der Waals surface area contributed by atoms with Crippen molar-refractivity contribution in [3.8, 4) is 11.1 Å². The Labute approximate surface area is 200 Å². The lowest BCUT2D eigenvalue weighted by molar-refractivity contribution is 0.317. The van der Waals surface area contributed by atoms with E-state index < -0.39 is 9.84 Å². The van der Waals surface area contributed by atoms with Gasteiger partial charge in [-0.1, -0.05) is 65.8 Å². The van der Waals surface area contributed by atoms with E-state index in [1.54, 1.807) is 30.6 Å². The minimum Gasteiger partial charge on any atom is -0.411 e. The largest absolute Gasteiger partial charge is 0.411 e. The van der Waals surface area contributed by atoms with Gasteiger partial charge in [-0.05, 0) is 59.0 Å². The molecule has 0 amide bonds. The third-order valence-electron chi connectivity index (χ3n) is 5.98. The van der Waals surface area contributed by atoms with Gasteiger partial charge in [0.05, 0.1) is 10.6 Å². The van der Waals surface area contributed by atoms with Crippen molar-refractivity contribution in [2.24, 2.45) is 5.16 Å². The van der Waals surface area contributed by atoms with Crippen LogP contribution in [0.4, 0.5) is 0 Å². The maximum Gasteiger partial charge on any atom is 0.175 e. The maximum absolute atomic E-state index is 12.1. The molecule has 0 bridgehead atoms. The number of aryl methyl sites for hydroxylation is 1. The number of hydrogen-bond donors (Lipinski definition) is 1. The Balaban J connectivity index is 1.80. The summed E-state index contributed by atoms with van der Waals surface area (Å²) in [5.74, 6) is -0.0710. The van der Waals surface area contributed by atoms with Crippen molar-refractivity contribution >= 4 is 15.5 Å². The maximum atomic E-state index is 12.1. The van der Waals surface area contributed by atoms with Crippen LogP contribution >= 0.6 is 0 Å². The minimum absolute atomic E-state index is 0.0710. The first-order valence-electron chi connectivity index (χ1n) is 10.9. The van der Waals surface area contributed by atoms with Crippen LogP contribution in [0.5, 0.6) is 0 Å². The fourth-order valence-corrected chi connectivity index (χ4v) is 4.85. The second-order valence-corrected chi connectivity index (χ2v) is 10.3. The van der Waals surface area contributed by atoms with Gasteiger partial charge in [0.15, 0.2) is 9.84 Å². The normalized spacial score (nSPS) is 12.9. The molecule has 0 spiro atoms. The van der Waals surface area contributed by atoms with Gasteiger partial charge in [0, 0.05) is 36.6 Å². The highest BCUT2D eigenvalue weighted by Crippen LogP contribution is 2.34. The number of pyridine rings is 1. The molecule has 34 heavy (non-hydrogen) atoms. The standard InChI is InChI=1S/C28H26N2O3S/c1-20-7-3-4-12-26(20)27(19-28(30-31)21-13-15-29-16-14-21)24-10-5-8-22(17-24)23-9-6-11-25(18-23)34(2,32)33/h3-18,27,31H,19H2,1-2H3. The molecule has 0 aliphatic heterocycles. The van der Waals surface area contributed by atoms with Gasteiger partial charge in [-0.15, -0.1) is 0 Å². The first-order chi connectivity index (χ1) is 16.4. The average molecular weight is 471 g/mol. The molecule has 0 radical (unpaired) electrons. The quantitative estimate of drug-likeness (QED) is 0.208. The fourth-order valence-electron chi connectivity index (χ4n) is 4.18. The van der Waals surface area contributed by atoms with Crippen molar-refractivity contribution in [2.75, 3.05) is 6.26 Å². The van der Waals surface area contributed by atoms with Crippen molar-refractivity contribution < 1.29 is 13.6 Å². The summed E-state index contributed by atoms with van der Waals surface area (Å²) in [7, 11) is -3.31. The van der Waals surface area contributed by atoms with Crippen LogP contribution in [0.25, 0.3) is 11.1 Å². The summed E-state index contributed by atoms with van der Waals surface area (Å²) < 4.78 is 24.1. The predicted molar refractivity (Wildman–Crippen MR) is 135 cm³/mol. The van der Waals surface area contributed by atoms with Crippen LogP contribution in [-0.4, -0.2) is 30.6 Å². The zero-order valence-electron chi connectivity index (χ0n) is 19.1. The van der Waals surface area contributed by atoms with Crippen LogP contribution in [0.2, 0.25) is 0 Å². The van der Waals surface area contributed by atoms with E-state index in [0.29, 0.717) is 17.0 Å². The van der Waals surface area contributed by atoms with Gasteiger partial charge in [-0.2, -0.15) is 0 Å². The minimum atomic E-state index is -3.31. The highest BCUT2D eigenvalue weighted by Gasteiger charge is 2.21. The fraction of sp³-hybridized carbons (Fsp3) is 0.143. The van der Waals surface area contributed by atoms with Crippen LogP contribution in [-0.2, 0) is 9.84 Å². The number of sulfone groups is 1. The molecule has 6 heteroatoms. The number of rotatable bonds is 7. The zero-order valence-corrected chi connectivity index (χ0v) is 19.9. The van der Waals surface area contributed by atoms with Crippen molar-refractivity contribution in [1.29, 1.82) is 0 Å². The summed E-state index contributed by atoms with van der Waals surface area (Å²) in [4.78, 5) is 4.35. The van der Waals surface area contributed by atoms with E-state index in [9.17, 15) is 13.6 Å². The van der Waals surface area contributed by atoms with Crippen molar-refractivity contribution in [2.45, 2.75) is 24.2 Å². The molecule has 1 unspecified atom stereocenters. The number of oxime groups is 1. The lowest BCUT2D eigenvalue weighted by Crippen LogP contribution is -2.12. The number of aromatic nitrogens is 1. The number of nitrogens with zero attached hydrogens (tertiary/aromatic N) is 2. The molecule has 1 heterocycles. The molecule has 5 nitrogen and oxygen atoms in total. The molecule has 0 aliphatic rings. The van der Waals surface area contributed by atoms with Crippen LogP contribution in [0.3, 0.4) is 0 Å². The van der Waals surface area contributed by atoms with Gasteiger partial charge in [-0.3, -0.25) is 4.98 Å². The van der Waals surface area contributed by atoms with Crippen LogP contribution < -0.4 is 0 Å². The van der Waals surface area contributed by atoms with Gasteiger partial charge in [-0.25, -0.2) is 8.42 Å². The van der Waals surface area contributed by atoms with Crippen molar-refractivity contribution in [1.82, 2.24) is 4.98 Å². The highest BCUT2D eigenvalue weighted by molar-refractivity contribution is 7.90. The monoisotopic (exact) mass is 470 g/mol. The summed E-state index contributed by atoms with van der Waals surface area (Å²) in [6.07, 6.45) is 5.06. The first-order valence-corrected chi connectivity index (χ1v) is 12.8. The lowest BCUT2D eigenvalue weighted by Gasteiger charge is -2.21. The predicted octanol–water partition coefficient (Wildman–Crippen LogP) is 5.86. The van der Waals surface area contributed by atoms with Crippen molar-refractivity contribution in [3.63, 3.8) is 0 Å². The van der Waals surface area contributed by atoms with Crippen molar-refractivity contribution in [3.05, 3.63) is 120 Å². The highest BCUT2D eigenvalue weighted by atomic mass is 32.2. The molecular formula is C28H26N2O3S. The Hall–Kier alpha value is -3.77. The average Bonchev–Trinajstić information content (AvgIpc) is 2.86. The molecule has 0 saturated carbocycles. The molecule has 0 aliphatic carbocycles. The van der Waals surface area contributed by atoms with Gasteiger partial charge < -0.3 is 5.21 Å². The van der Waals surface area contributed by atoms with E-state index in [2.05, 4.69) is 41.3 Å². The molecule has 3 aromatic carbocycles. The second-order valence-electron chi connectivity index (χ2n) is 8.32. The lowest BCUT2D eigenvalue weighted by atomic mass is 9.82. The molecule has 0 fully saturated rings. The van der Waals surface area contributed by atoms with E-state index in [1.165, 1.54) is 6.26 Å². The van der Waals surface area contributed by atoms with Crippen LogP contribution in [0.15, 0.2) is 107 Å². The van der Waals surface area contributed by atoms with E-state index in [0.717, 1.165) is 33.4 Å². The van der Waals surface area contributed by atoms with Crippen LogP contribution in [0.1, 0.15) is 34.6 Å². The molecule has 4 rings (SSSR count). The van der Waals surface area contributed by atoms with E-state index in [1.807, 2.05) is 42.5 Å². The molecule has 0 saturated heterocycles. The SMILES string of the molecule is Cc1ccccc1C(CC(=NO)c1ccncc1)c1cccc(-c2cccc(S(C)(=O)=O)c2)c1. The summed E-state index contributed by atoms with van der Waals surface area (Å²) in [6.45, 7) is 2.07. The topological polar surface area (TPSA) is 79.6 Å². The summed E-state index contributed by atoms with van der Waals surface area (Å²) in [5, 5.41) is 13.5. The third kappa shape index (κ3) is 5.24. The van der Waals surface area contributed by atoms with Gasteiger partial charge in [0.25, 0.3) is 0 Å². The van der Waals surface area contributed by atoms with Gasteiger partial charge in [0.1, 0.15) is 0 Å². The Morgan fingerprint density at radius 2 is 1.59 bits per heavy atom. The first kappa shape index (κ1) is 23.4. The van der Waals surface area contributed by atoms with E-state index in [-0.39, 0.29) is 5.92 Å². The Morgan fingerprint density at radius 3 is 2.26 bits per heavy atom. The zero-order chi connectivity index (χ0) is 24.1. The van der Waals surface area contributed by atoms with Crippen LogP contribution in [0, 0.1) is 6.92 Å². The Kier molecular flexibility index (Phi) is 6.89. The van der Waals surface area contributed by atoms with Gasteiger partial charge >= 0.3 is 0 Å². The Morgan fingerprint density at radius 1 is 0.912 bits per heavy atom. The summed E-state index contributed by atoms with van der Waals surface area (Å²) >= 11 is 0. The molecule has 172 valence electrons. The second kappa shape index (κ2) is 10.0. The molecule has 1 aromatic heterocycles. The molecule has 1 atom stereocenters. The summed E-state index contributed by atoms with van der Waals surface area (Å²) in [6, 6.07) is 26.9.